The van der Waals surface area contributed by atoms with Gasteiger partial charge < -0.3 is 5.32 Å². The van der Waals surface area contributed by atoms with Crippen molar-refractivity contribution in [1.29, 1.82) is 0 Å². The van der Waals surface area contributed by atoms with Gasteiger partial charge in [-0.1, -0.05) is 35.8 Å². The molecule has 24 heavy (non-hydrogen) atoms. The van der Waals surface area contributed by atoms with Crippen LogP contribution >= 0.6 is 23.2 Å². The van der Waals surface area contributed by atoms with Gasteiger partial charge in [0.05, 0.1) is 0 Å². The third-order valence-electron chi connectivity index (χ3n) is 3.15. The first kappa shape index (κ1) is 20.2. The van der Waals surface area contributed by atoms with Gasteiger partial charge in [-0.05, 0) is 49.1 Å². The highest BCUT2D eigenvalue weighted by Crippen LogP contribution is 2.22. The normalized spacial score (nSPS) is 10.6. The maximum absolute atomic E-state index is 11.8. The van der Waals surface area contributed by atoms with Gasteiger partial charge in [-0.25, -0.2) is 5.06 Å². The molecule has 0 saturated carbocycles. The third kappa shape index (κ3) is 7.64. The van der Waals surface area contributed by atoms with Gasteiger partial charge in [-0.15, -0.1) is 0 Å². The summed E-state index contributed by atoms with van der Waals surface area (Å²) in [5, 5.41) is 13.9. The lowest BCUT2D eigenvalue weighted by atomic mass is 10.2. The van der Waals surface area contributed by atoms with E-state index in [-0.39, 0.29) is 12.5 Å². The molecule has 0 aliphatic rings. The van der Waals surface area contributed by atoms with Crippen molar-refractivity contribution in [3.05, 3.63) is 52.5 Å². The smallest absolute Gasteiger partial charge is 0.269 e. The minimum atomic E-state index is -0.527. The van der Waals surface area contributed by atoms with Crippen LogP contribution in [0.5, 0.6) is 0 Å². The summed E-state index contributed by atoms with van der Waals surface area (Å²) in [7, 11) is 0. The number of carbonyl (C=O) groups excluding carboxylic acids is 2. The van der Waals surface area contributed by atoms with Crippen LogP contribution in [0.1, 0.15) is 24.8 Å². The minimum absolute atomic E-state index is 0.208. The van der Waals surface area contributed by atoms with E-state index in [4.69, 9.17) is 23.2 Å². The Hall–Kier alpha value is -1.82. The van der Waals surface area contributed by atoms with Gasteiger partial charge in [0.1, 0.15) is 0 Å². The van der Waals surface area contributed by atoms with Crippen LogP contribution in [0.3, 0.4) is 0 Å². The molecule has 0 aromatic heterocycles. The fourth-order valence-electron chi connectivity index (χ4n) is 1.84. The van der Waals surface area contributed by atoms with Crippen molar-refractivity contribution in [3.8, 4) is 0 Å². The fourth-order valence-corrected chi connectivity index (χ4v) is 2.31. The average molecular weight is 371 g/mol. The Morgan fingerprint density at radius 1 is 1.25 bits per heavy atom. The van der Waals surface area contributed by atoms with Crippen molar-refractivity contribution in [2.45, 2.75) is 19.3 Å². The highest BCUT2D eigenvalue weighted by Gasteiger charge is 2.07. The molecule has 0 radical (unpaired) electrons. The van der Waals surface area contributed by atoms with Crippen LogP contribution in [0.25, 0.3) is 6.08 Å². The van der Waals surface area contributed by atoms with Crippen molar-refractivity contribution in [2.75, 3.05) is 13.1 Å². The van der Waals surface area contributed by atoms with Crippen LogP contribution in [0.2, 0.25) is 10.0 Å². The third-order valence-corrected chi connectivity index (χ3v) is 3.72. The fraction of sp³-hybridized carbons (Fsp3) is 0.294. The lowest BCUT2D eigenvalue weighted by molar-refractivity contribution is -0.159. The molecular formula is C17H20Cl2N2O3. The van der Waals surface area contributed by atoms with Crippen LogP contribution in [0.4, 0.5) is 0 Å². The summed E-state index contributed by atoms with van der Waals surface area (Å²) in [6, 6.07) is 4.93. The van der Waals surface area contributed by atoms with Gasteiger partial charge in [-0.3, -0.25) is 14.8 Å². The maximum Gasteiger partial charge on any atom is 0.269 e. The second kappa shape index (κ2) is 10.9. The number of carbonyl (C=O) groups is 2. The molecule has 0 aliphatic heterocycles. The van der Waals surface area contributed by atoms with E-state index in [1.807, 2.05) is 0 Å². The van der Waals surface area contributed by atoms with Crippen LogP contribution < -0.4 is 5.32 Å². The molecule has 5 nitrogen and oxygen atoms in total. The number of unbranched alkanes of at least 4 members (excludes halogenated alkanes) is 2. The minimum Gasteiger partial charge on any atom is -0.353 e. The van der Waals surface area contributed by atoms with Gasteiger partial charge in [0.25, 0.3) is 5.91 Å². The number of benzene rings is 1. The number of rotatable bonds is 9. The van der Waals surface area contributed by atoms with Crippen molar-refractivity contribution in [2.24, 2.45) is 0 Å². The van der Waals surface area contributed by atoms with Gasteiger partial charge in [0.15, 0.2) is 0 Å². The van der Waals surface area contributed by atoms with Crippen LogP contribution in [0.15, 0.2) is 36.9 Å². The summed E-state index contributed by atoms with van der Waals surface area (Å²) in [6.45, 7) is 4.11. The molecule has 1 rings (SSSR count). The van der Waals surface area contributed by atoms with E-state index in [1.165, 1.54) is 18.2 Å². The number of hydroxylamine groups is 2. The molecule has 0 aliphatic carbocycles. The quantitative estimate of drug-likeness (QED) is 0.301. The molecule has 130 valence electrons. The number of nitrogens with one attached hydrogen (secondary N) is 1. The SMILES string of the molecule is C=CC(=O)NCCCCCN(O)C(=O)/C=C/c1ccc(Cl)cc1Cl. The Balaban J connectivity index is 2.30. The summed E-state index contributed by atoms with van der Waals surface area (Å²) in [5.74, 6) is -0.735. The standard InChI is InChI=1S/C17H20Cl2N2O3/c1-2-16(22)20-10-4-3-5-11-21(24)17(23)9-7-13-6-8-14(18)12-15(13)19/h2,6-9,12,24H,1,3-5,10-11H2,(H,20,22)/b9-7+. The first-order valence-corrected chi connectivity index (χ1v) is 8.23. The number of hydrogen-bond acceptors (Lipinski definition) is 3. The average Bonchev–Trinajstić information content (AvgIpc) is 2.56. The van der Waals surface area contributed by atoms with Gasteiger partial charge in [0, 0.05) is 29.2 Å². The molecule has 0 atom stereocenters. The molecule has 1 aromatic rings. The second-order valence-corrected chi connectivity index (χ2v) is 5.86. The predicted molar refractivity (Wildman–Crippen MR) is 96.1 cm³/mol. The topological polar surface area (TPSA) is 69.6 Å². The molecule has 2 amide bonds. The molecule has 7 heteroatoms. The molecule has 0 saturated heterocycles. The first-order valence-electron chi connectivity index (χ1n) is 7.48. The van der Waals surface area contributed by atoms with Gasteiger partial charge in [-0.2, -0.15) is 0 Å². The van der Waals surface area contributed by atoms with E-state index in [1.54, 1.807) is 18.2 Å². The number of halogens is 2. The van der Waals surface area contributed by atoms with Crippen molar-refractivity contribution < 1.29 is 14.8 Å². The predicted octanol–water partition coefficient (Wildman–Crippen LogP) is 3.70. The van der Waals surface area contributed by atoms with Crippen molar-refractivity contribution >= 4 is 41.1 Å². The van der Waals surface area contributed by atoms with Crippen molar-refractivity contribution in [3.63, 3.8) is 0 Å². The summed E-state index contributed by atoms with van der Waals surface area (Å²) in [4.78, 5) is 22.7. The second-order valence-electron chi connectivity index (χ2n) is 5.02. The summed E-state index contributed by atoms with van der Waals surface area (Å²) < 4.78 is 0. The zero-order valence-electron chi connectivity index (χ0n) is 13.2. The van der Waals surface area contributed by atoms with Gasteiger partial charge in [0.2, 0.25) is 5.91 Å². The molecule has 0 bridgehead atoms. The summed E-state index contributed by atoms with van der Waals surface area (Å²) in [5.41, 5.74) is 0.640. The first-order chi connectivity index (χ1) is 11.4. The molecule has 0 spiro atoms. The zero-order valence-corrected chi connectivity index (χ0v) is 14.7. The van der Waals surface area contributed by atoms with Crippen LogP contribution in [0, 0.1) is 0 Å². The Kier molecular flexibility index (Phi) is 9.15. The van der Waals surface area contributed by atoms with E-state index in [0.29, 0.717) is 33.6 Å². The van der Waals surface area contributed by atoms with Gasteiger partial charge >= 0.3 is 0 Å². The Morgan fingerprint density at radius 3 is 2.67 bits per heavy atom. The van der Waals surface area contributed by atoms with Crippen LogP contribution in [-0.4, -0.2) is 35.2 Å². The molecule has 2 N–H and O–H groups in total. The van der Waals surface area contributed by atoms with E-state index in [2.05, 4.69) is 11.9 Å². The lowest BCUT2D eigenvalue weighted by Gasteiger charge is -2.12. The Morgan fingerprint density at radius 2 is 2.00 bits per heavy atom. The summed E-state index contributed by atoms with van der Waals surface area (Å²) >= 11 is 11.8. The molecule has 0 heterocycles. The molecule has 1 aromatic carbocycles. The van der Waals surface area contributed by atoms with E-state index >= 15 is 0 Å². The Bertz CT molecular complexity index is 618. The molecule has 0 fully saturated rings. The maximum atomic E-state index is 11.8. The highest BCUT2D eigenvalue weighted by atomic mass is 35.5. The monoisotopic (exact) mass is 370 g/mol. The lowest BCUT2D eigenvalue weighted by Crippen LogP contribution is -2.27. The van der Waals surface area contributed by atoms with E-state index in [0.717, 1.165) is 12.8 Å². The largest absolute Gasteiger partial charge is 0.353 e. The number of hydrogen-bond donors (Lipinski definition) is 2. The Labute approximate surface area is 151 Å². The number of nitrogens with zero attached hydrogens (tertiary/aromatic N) is 1. The van der Waals surface area contributed by atoms with Crippen LogP contribution in [-0.2, 0) is 9.59 Å². The molecular weight excluding hydrogens is 351 g/mol. The number of amides is 2. The van der Waals surface area contributed by atoms with E-state index in [9.17, 15) is 14.8 Å². The zero-order chi connectivity index (χ0) is 17.9. The summed E-state index contributed by atoms with van der Waals surface area (Å²) in [6.07, 6.45) is 6.15. The van der Waals surface area contributed by atoms with E-state index < -0.39 is 5.91 Å². The highest BCUT2D eigenvalue weighted by molar-refractivity contribution is 6.35. The molecule has 0 unspecified atom stereocenters. The van der Waals surface area contributed by atoms with Crippen molar-refractivity contribution in [1.82, 2.24) is 10.4 Å².